The summed E-state index contributed by atoms with van der Waals surface area (Å²) >= 11 is 1.44. The summed E-state index contributed by atoms with van der Waals surface area (Å²) in [6, 6.07) is 7.99. The average Bonchev–Trinajstić information content (AvgIpc) is 3.16. The summed E-state index contributed by atoms with van der Waals surface area (Å²) in [6.45, 7) is 6.14. The number of thiazole rings is 1. The third-order valence-corrected chi connectivity index (χ3v) is 6.30. The van der Waals surface area contributed by atoms with E-state index in [4.69, 9.17) is 9.47 Å². The maximum Gasteiger partial charge on any atom is 0.312 e. The van der Waals surface area contributed by atoms with Gasteiger partial charge in [-0.2, -0.15) is 0 Å². The molecule has 1 saturated carbocycles. The molecule has 3 unspecified atom stereocenters. The molecule has 3 rings (SSSR count). The van der Waals surface area contributed by atoms with E-state index in [1.807, 2.05) is 36.6 Å². The Labute approximate surface area is 182 Å². The molecule has 2 aromatic rings. The molecule has 1 aliphatic carbocycles. The van der Waals surface area contributed by atoms with Crippen LogP contribution in [0.2, 0.25) is 0 Å². The standard InChI is InChI=1S/C23H30N2O4S/c1-15-8-10-19(11-9-15)28-13-21-24-18(14-30-21)12-22(26)29-17(3)23(27)25-20-7-5-4-6-16(20)2/h8-11,14,16-17,20H,4-7,12-13H2,1-3H3,(H,25,27). The number of hydrogen-bond donors (Lipinski definition) is 1. The monoisotopic (exact) mass is 430 g/mol. The number of aromatic nitrogens is 1. The van der Waals surface area contributed by atoms with Gasteiger partial charge in [-0.25, -0.2) is 4.98 Å². The summed E-state index contributed by atoms with van der Waals surface area (Å²) < 4.78 is 11.0. The van der Waals surface area contributed by atoms with Crippen molar-refractivity contribution >= 4 is 23.2 Å². The molecule has 0 saturated heterocycles. The van der Waals surface area contributed by atoms with Crippen molar-refractivity contribution in [3.8, 4) is 5.75 Å². The van der Waals surface area contributed by atoms with Gasteiger partial charge in [0.2, 0.25) is 0 Å². The van der Waals surface area contributed by atoms with Crippen molar-refractivity contribution < 1.29 is 19.1 Å². The van der Waals surface area contributed by atoms with Crippen LogP contribution in [-0.2, 0) is 27.4 Å². The smallest absolute Gasteiger partial charge is 0.312 e. The Hall–Kier alpha value is -2.41. The van der Waals surface area contributed by atoms with Crippen LogP contribution in [0.25, 0.3) is 0 Å². The molecule has 0 radical (unpaired) electrons. The molecule has 0 bridgehead atoms. The predicted octanol–water partition coefficient (Wildman–Crippen LogP) is 4.20. The number of nitrogens with one attached hydrogen (secondary N) is 1. The molecular formula is C23H30N2O4S. The van der Waals surface area contributed by atoms with Gasteiger partial charge in [0.05, 0.1) is 12.1 Å². The van der Waals surface area contributed by atoms with Crippen LogP contribution >= 0.6 is 11.3 Å². The van der Waals surface area contributed by atoms with E-state index in [2.05, 4.69) is 17.2 Å². The number of rotatable bonds is 8. The van der Waals surface area contributed by atoms with E-state index in [1.165, 1.54) is 23.3 Å². The molecular weight excluding hydrogens is 400 g/mol. The fourth-order valence-corrected chi connectivity index (χ4v) is 4.25. The second kappa shape index (κ2) is 10.6. The molecule has 162 valence electrons. The summed E-state index contributed by atoms with van der Waals surface area (Å²) in [4.78, 5) is 29.0. The van der Waals surface area contributed by atoms with Gasteiger partial charge in [-0.1, -0.05) is 37.5 Å². The quantitative estimate of drug-likeness (QED) is 0.635. The fourth-order valence-electron chi connectivity index (χ4n) is 3.55. The highest BCUT2D eigenvalue weighted by atomic mass is 32.1. The molecule has 1 aromatic carbocycles. The van der Waals surface area contributed by atoms with Crippen LogP contribution in [-0.4, -0.2) is 29.0 Å². The fraction of sp³-hybridized carbons (Fsp3) is 0.522. The summed E-state index contributed by atoms with van der Waals surface area (Å²) in [6.07, 6.45) is 3.68. The first-order valence-electron chi connectivity index (χ1n) is 10.5. The molecule has 6 nitrogen and oxygen atoms in total. The van der Waals surface area contributed by atoms with Gasteiger partial charge in [-0.3, -0.25) is 9.59 Å². The number of benzene rings is 1. The number of hydrogen-bond acceptors (Lipinski definition) is 6. The molecule has 0 aliphatic heterocycles. The van der Waals surface area contributed by atoms with E-state index in [-0.39, 0.29) is 18.4 Å². The average molecular weight is 431 g/mol. The maximum atomic E-state index is 12.4. The first-order valence-corrected chi connectivity index (χ1v) is 11.4. The minimum absolute atomic E-state index is 0.0402. The lowest BCUT2D eigenvalue weighted by Crippen LogP contribution is -2.46. The van der Waals surface area contributed by atoms with E-state index >= 15 is 0 Å². The Balaban J connectivity index is 1.43. The Morgan fingerprint density at radius 1 is 1.23 bits per heavy atom. The Kier molecular flexibility index (Phi) is 7.85. The number of carbonyl (C=O) groups is 2. The highest BCUT2D eigenvalue weighted by Gasteiger charge is 2.26. The molecule has 1 heterocycles. The van der Waals surface area contributed by atoms with E-state index in [1.54, 1.807) is 6.92 Å². The van der Waals surface area contributed by atoms with E-state index in [0.29, 0.717) is 18.2 Å². The summed E-state index contributed by atoms with van der Waals surface area (Å²) in [5.41, 5.74) is 1.80. The van der Waals surface area contributed by atoms with Gasteiger partial charge in [0, 0.05) is 11.4 Å². The Bertz CT molecular complexity index is 849. The van der Waals surface area contributed by atoms with Gasteiger partial charge in [0.15, 0.2) is 6.10 Å². The van der Waals surface area contributed by atoms with Gasteiger partial charge in [-0.05, 0) is 44.7 Å². The van der Waals surface area contributed by atoms with Crippen molar-refractivity contribution in [1.29, 1.82) is 0 Å². The maximum absolute atomic E-state index is 12.4. The number of aryl methyl sites for hydroxylation is 1. The van der Waals surface area contributed by atoms with Crippen LogP contribution in [0.1, 0.15) is 55.8 Å². The number of amides is 1. The zero-order valence-corrected chi connectivity index (χ0v) is 18.7. The van der Waals surface area contributed by atoms with Crippen molar-refractivity contribution in [2.75, 3.05) is 0 Å². The lowest BCUT2D eigenvalue weighted by Gasteiger charge is -2.30. The van der Waals surface area contributed by atoms with Gasteiger partial charge < -0.3 is 14.8 Å². The topological polar surface area (TPSA) is 77.5 Å². The largest absolute Gasteiger partial charge is 0.486 e. The number of esters is 1. The molecule has 0 spiro atoms. The van der Waals surface area contributed by atoms with Crippen LogP contribution in [0, 0.1) is 12.8 Å². The predicted molar refractivity (Wildman–Crippen MR) is 116 cm³/mol. The molecule has 1 fully saturated rings. The first kappa shape index (κ1) is 22.3. The molecule has 7 heteroatoms. The minimum atomic E-state index is -0.811. The van der Waals surface area contributed by atoms with Gasteiger partial charge in [-0.15, -0.1) is 11.3 Å². The first-order chi connectivity index (χ1) is 14.4. The van der Waals surface area contributed by atoms with Crippen molar-refractivity contribution in [3.05, 3.63) is 45.9 Å². The highest BCUT2D eigenvalue weighted by molar-refractivity contribution is 7.09. The number of carbonyl (C=O) groups excluding carboxylic acids is 2. The zero-order valence-electron chi connectivity index (χ0n) is 17.8. The molecule has 1 amide bonds. The van der Waals surface area contributed by atoms with E-state index < -0.39 is 12.1 Å². The number of ether oxygens (including phenoxy) is 2. The Morgan fingerprint density at radius 3 is 2.70 bits per heavy atom. The van der Waals surface area contributed by atoms with Crippen LogP contribution in [0.5, 0.6) is 5.75 Å². The lowest BCUT2D eigenvalue weighted by molar-refractivity contribution is -0.154. The van der Waals surface area contributed by atoms with Crippen LogP contribution in [0.3, 0.4) is 0 Å². The summed E-state index contributed by atoms with van der Waals surface area (Å²) in [5.74, 6) is 0.559. The molecule has 1 N–H and O–H groups in total. The zero-order chi connectivity index (χ0) is 21.5. The SMILES string of the molecule is Cc1ccc(OCc2nc(CC(=O)OC(C)C(=O)NC3CCCCC3C)cs2)cc1. The van der Waals surface area contributed by atoms with Crippen molar-refractivity contribution in [3.63, 3.8) is 0 Å². The van der Waals surface area contributed by atoms with Gasteiger partial charge in [0.1, 0.15) is 17.4 Å². The molecule has 3 atom stereocenters. The third kappa shape index (κ3) is 6.55. The summed E-state index contributed by atoms with van der Waals surface area (Å²) in [7, 11) is 0. The third-order valence-electron chi connectivity index (χ3n) is 5.42. The minimum Gasteiger partial charge on any atom is -0.486 e. The van der Waals surface area contributed by atoms with Crippen LogP contribution in [0.4, 0.5) is 0 Å². The normalized spacial score (nSPS) is 19.7. The molecule has 1 aliphatic rings. The lowest BCUT2D eigenvalue weighted by atomic mass is 9.86. The van der Waals surface area contributed by atoms with Crippen LogP contribution in [0.15, 0.2) is 29.6 Å². The van der Waals surface area contributed by atoms with Crippen molar-refractivity contribution in [2.24, 2.45) is 5.92 Å². The van der Waals surface area contributed by atoms with Crippen LogP contribution < -0.4 is 10.1 Å². The van der Waals surface area contributed by atoms with Gasteiger partial charge in [0.25, 0.3) is 5.91 Å². The molecule has 1 aromatic heterocycles. The van der Waals surface area contributed by atoms with Crippen molar-refractivity contribution in [1.82, 2.24) is 10.3 Å². The van der Waals surface area contributed by atoms with Crippen molar-refractivity contribution in [2.45, 2.75) is 71.6 Å². The number of nitrogens with zero attached hydrogens (tertiary/aromatic N) is 1. The summed E-state index contributed by atoms with van der Waals surface area (Å²) in [5, 5.41) is 5.64. The Morgan fingerprint density at radius 2 is 1.97 bits per heavy atom. The van der Waals surface area contributed by atoms with E-state index in [9.17, 15) is 9.59 Å². The molecule has 30 heavy (non-hydrogen) atoms. The highest BCUT2D eigenvalue weighted by Crippen LogP contribution is 2.24. The van der Waals surface area contributed by atoms with E-state index in [0.717, 1.165) is 30.0 Å². The second-order valence-electron chi connectivity index (χ2n) is 8.02. The second-order valence-corrected chi connectivity index (χ2v) is 8.96. The van der Waals surface area contributed by atoms with Gasteiger partial charge >= 0.3 is 5.97 Å².